The molecule has 12 heteroatoms. The number of hydrogen-bond donors (Lipinski definition) is 4. The lowest BCUT2D eigenvalue weighted by Gasteiger charge is -2.57. The Hall–Kier alpha value is -4.16. The zero-order chi connectivity index (χ0) is 46.4. The highest BCUT2D eigenvalue weighted by atomic mass is 79.9. The summed E-state index contributed by atoms with van der Waals surface area (Å²) in [4.78, 5) is 53.2. The van der Waals surface area contributed by atoms with E-state index in [-0.39, 0.29) is 57.3 Å². The number of ether oxygens (including phenoxy) is 2. The number of phenols is 1. The van der Waals surface area contributed by atoms with Crippen molar-refractivity contribution in [2.24, 2.45) is 45.8 Å². The molecule has 7 unspecified atom stereocenters. The van der Waals surface area contributed by atoms with E-state index < -0.39 is 18.0 Å². The van der Waals surface area contributed by atoms with Gasteiger partial charge in [0.05, 0.1) is 35.4 Å². The number of carbonyl (C=O) groups excluding carboxylic acids is 4. The van der Waals surface area contributed by atoms with Crippen LogP contribution in [0.15, 0.2) is 69.3 Å². The fourth-order valence-electron chi connectivity index (χ4n) is 13.0. The van der Waals surface area contributed by atoms with E-state index >= 15 is 0 Å². The Morgan fingerprint density at radius 2 is 1.62 bits per heavy atom. The zero-order valence-corrected chi connectivity index (χ0v) is 41.9. The van der Waals surface area contributed by atoms with Crippen molar-refractivity contribution in [3.8, 4) is 5.75 Å². The van der Waals surface area contributed by atoms with Crippen molar-refractivity contribution in [1.29, 1.82) is 0 Å². The van der Waals surface area contributed by atoms with Crippen molar-refractivity contribution in [2.45, 2.75) is 125 Å². The van der Waals surface area contributed by atoms with E-state index in [0.29, 0.717) is 51.0 Å². The molecule has 0 aromatic heterocycles. The van der Waals surface area contributed by atoms with Crippen LogP contribution in [0.3, 0.4) is 0 Å². The monoisotopic (exact) mass is 1010 g/mol. The van der Waals surface area contributed by atoms with Crippen LogP contribution in [0.2, 0.25) is 0 Å². The number of allylic oxidation sites excluding steroid dienone is 1. The van der Waals surface area contributed by atoms with Gasteiger partial charge in [-0.1, -0.05) is 65.8 Å². The first-order valence-electron chi connectivity index (χ1n) is 23.7. The molecular weight excluding hydrogens is 950 g/mol. The van der Waals surface area contributed by atoms with E-state index in [0.717, 1.165) is 54.9 Å². The van der Waals surface area contributed by atoms with E-state index in [1.165, 1.54) is 50.2 Å². The quantitative estimate of drug-likeness (QED) is 0.0908. The van der Waals surface area contributed by atoms with Crippen LogP contribution in [0.1, 0.15) is 150 Å². The van der Waals surface area contributed by atoms with Crippen LogP contribution < -0.4 is 16.0 Å². The maximum absolute atomic E-state index is 13.6. The molecule has 5 aliphatic carbocycles. The average Bonchev–Trinajstić information content (AvgIpc) is 3.24. The van der Waals surface area contributed by atoms with Gasteiger partial charge in [0.15, 0.2) is 11.6 Å². The SMILES string of the molecule is CC(C)C1CCC2C(CCC3CC(=COC(=O)NCC4(C)CC(NC(=O)OCCc5cc(Br)c(Nc6ccc(O)c7c6C(=O)c6ccccc6C7=O)c(Br)c5)CC(C)(C)C4)CCC32C)C1. The van der Waals surface area contributed by atoms with Gasteiger partial charge in [-0.15, -0.1) is 0 Å². The molecule has 4 fully saturated rings. The minimum absolute atomic E-state index is 0.0264. The average molecular weight is 1020 g/mol. The third-order valence-corrected chi connectivity index (χ3v) is 17.2. The summed E-state index contributed by atoms with van der Waals surface area (Å²) in [7, 11) is 0. The Bertz CT molecular complexity index is 2370. The number of hydrogen-bond acceptors (Lipinski definition) is 8. The first-order chi connectivity index (χ1) is 30.8. The Balaban J connectivity index is 0.806. The van der Waals surface area contributed by atoms with Gasteiger partial charge in [-0.25, -0.2) is 9.59 Å². The number of halogens is 2. The molecule has 4 N–H and O–H groups in total. The van der Waals surface area contributed by atoms with Gasteiger partial charge < -0.3 is 30.5 Å². The maximum atomic E-state index is 13.6. The lowest BCUT2D eigenvalue weighted by atomic mass is 9.48. The molecule has 0 saturated heterocycles. The van der Waals surface area contributed by atoms with Crippen LogP contribution in [0.4, 0.5) is 21.0 Å². The summed E-state index contributed by atoms with van der Waals surface area (Å²) in [6.45, 7) is 14.5. The molecule has 0 aliphatic heterocycles. The minimum Gasteiger partial charge on any atom is -0.507 e. The second-order valence-electron chi connectivity index (χ2n) is 21.6. The van der Waals surface area contributed by atoms with Crippen molar-refractivity contribution in [2.75, 3.05) is 18.5 Å². The minimum atomic E-state index is -0.483. The number of aromatic hydroxyl groups is 1. The normalized spacial score (nSPS) is 28.6. The molecule has 10 nitrogen and oxygen atoms in total. The first-order valence-corrected chi connectivity index (χ1v) is 25.3. The van der Waals surface area contributed by atoms with Crippen molar-refractivity contribution >= 4 is 67.0 Å². The number of ketones is 2. The van der Waals surface area contributed by atoms with Crippen LogP contribution in [-0.4, -0.2) is 48.1 Å². The van der Waals surface area contributed by atoms with Crippen molar-refractivity contribution < 1.29 is 33.8 Å². The Morgan fingerprint density at radius 3 is 2.32 bits per heavy atom. The van der Waals surface area contributed by atoms with Gasteiger partial charge in [-0.05, 0) is 184 Å². The third-order valence-electron chi connectivity index (χ3n) is 15.9. The van der Waals surface area contributed by atoms with Crippen LogP contribution >= 0.6 is 31.9 Å². The predicted molar refractivity (Wildman–Crippen MR) is 261 cm³/mol. The molecule has 0 heterocycles. The summed E-state index contributed by atoms with van der Waals surface area (Å²) in [5.41, 5.74) is 3.86. The lowest BCUT2D eigenvalue weighted by Crippen LogP contribution is -2.50. The molecule has 0 bridgehead atoms. The molecule has 5 aliphatic rings. The van der Waals surface area contributed by atoms with Gasteiger partial charge in [0.1, 0.15) is 5.75 Å². The summed E-state index contributed by atoms with van der Waals surface area (Å²) < 4.78 is 12.8. The number of nitrogens with one attached hydrogen (secondary N) is 3. The van der Waals surface area contributed by atoms with Crippen LogP contribution in [0.5, 0.6) is 5.75 Å². The molecule has 65 heavy (non-hydrogen) atoms. The van der Waals surface area contributed by atoms with E-state index in [2.05, 4.69) is 89.4 Å². The number of anilines is 2. The second kappa shape index (κ2) is 18.8. The summed E-state index contributed by atoms with van der Waals surface area (Å²) in [5.74, 6) is 3.02. The molecule has 8 rings (SSSR count). The van der Waals surface area contributed by atoms with Gasteiger partial charge in [0.25, 0.3) is 0 Å². The highest BCUT2D eigenvalue weighted by molar-refractivity contribution is 9.11. The molecular formula is C53H65Br2N3O7. The summed E-state index contributed by atoms with van der Waals surface area (Å²) in [6, 6.07) is 13.3. The number of fused-ring (bicyclic) bond motifs is 5. The first kappa shape index (κ1) is 47.3. The van der Waals surface area contributed by atoms with E-state index in [1.807, 2.05) is 12.1 Å². The fourth-order valence-corrected chi connectivity index (χ4v) is 14.4. The van der Waals surface area contributed by atoms with Gasteiger partial charge in [0, 0.05) is 39.1 Å². The fraction of sp³-hybridized carbons (Fsp3) is 0.547. The number of amides is 2. The lowest BCUT2D eigenvalue weighted by molar-refractivity contribution is -0.0585. The zero-order valence-electron chi connectivity index (χ0n) is 38.7. The molecule has 3 aromatic rings. The van der Waals surface area contributed by atoms with Crippen molar-refractivity contribution in [3.05, 3.63) is 97.1 Å². The van der Waals surface area contributed by atoms with Gasteiger partial charge in [-0.2, -0.15) is 0 Å². The highest BCUT2D eigenvalue weighted by Gasteiger charge is 2.51. The highest BCUT2D eigenvalue weighted by Crippen LogP contribution is 2.61. The summed E-state index contributed by atoms with van der Waals surface area (Å²) >= 11 is 7.30. The molecule has 4 saturated carbocycles. The van der Waals surface area contributed by atoms with Crippen LogP contribution in [0.25, 0.3) is 0 Å². The number of phenolic OH excluding ortho intramolecular Hbond substituents is 1. The summed E-state index contributed by atoms with van der Waals surface area (Å²) in [6.07, 6.45) is 13.6. The summed E-state index contributed by atoms with van der Waals surface area (Å²) in [5, 5.41) is 20.1. The van der Waals surface area contributed by atoms with Gasteiger partial charge in [0.2, 0.25) is 0 Å². The standard InChI is InChI=1S/C53H65Br2N3O7/c1-30(2)33-12-14-39-34(24-33)11-13-35-21-32(17-19-53(35,39)6)27-65-49(62)56-29-52(5)26-36(25-51(3,4)28-52)57-50(63)64-20-18-31-22-40(54)46(41(55)23-31)58-42-15-16-43(59)45-44(42)47(60)37-9-7-8-10-38(37)48(45)61/h7-10,15-16,22-23,27,30,33-36,39,58-59H,11-14,17-21,24-26,28-29H2,1-6H3,(H,56,62)(H,57,63). The van der Waals surface area contributed by atoms with Crippen molar-refractivity contribution in [1.82, 2.24) is 10.6 Å². The number of rotatable bonds is 10. The number of alkyl carbamates (subject to hydrolysis) is 2. The van der Waals surface area contributed by atoms with E-state index in [4.69, 9.17) is 9.47 Å². The predicted octanol–water partition coefficient (Wildman–Crippen LogP) is 13.2. The number of carbonyl (C=O) groups is 4. The molecule has 348 valence electrons. The Morgan fingerprint density at radius 1 is 0.908 bits per heavy atom. The molecule has 2 amide bonds. The van der Waals surface area contributed by atoms with Gasteiger partial charge >= 0.3 is 12.2 Å². The third kappa shape index (κ3) is 10.1. The van der Waals surface area contributed by atoms with E-state index in [9.17, 15) is 24.3 Å². The second-order valence-corrected chi connectivity index (χ2v) is 23.3. The van der Waals surface area contributed by atoms with Crippen LogP contribution in [-0.2, 0) is 15.9 Å². The number of benzene rings is 3. The molecule has 7 atom stereocenters. The molecule has 0 radical (unpaired) electrons. The smallest absolute Gasteiger partial charge is 0.412 e. The Labute approximate surface area is 401 Å². The van der Waals surface area contributed by atoms with E-state index in [1.54, 1.807) is 36.6 Å². The largest absolute Gasteiger partial charge is 0.507 e. The topological polar surface area (TPSA) is 143 Å². The van der Waals surface area contributed by atoms with Gasteiger partial charge in [-0.3, -0.25) is 9.59 Å². The maximum Gasteiger partial charge on any atom is 0.412 e. The van der Waals surface area contributed by atoms with Crippen molar-refractivity contribution in [3.63, 3.8) is 0 Å². The van der Waals surface area contributed by atoms with Crippen LogP contribution in [0, 0.1) is 45.8 Å². The Kier molecular flexibility index (Phi) is 13.7. The molecule has 3 aromatic carbocycles. The molecule has 0 spiro atoms.